The second kappa shape index (κ2) is 4.95. The number of hydrogen-bond acceptors (Lipinski definition) is 3. The number of anilines is 1. The lowest BCUT2D eigenvalue weighted by Gasteiger charge is -2.43. The Morgan fingerprint density at radius 3 is 2.46 bits per heavy atom. The van der Waals surface area contributed by atoms with Crippen molar-refractivity contribution >= 4 is 27.4 Å². The molecule has 2 bridgehead atoms. The molecule has 2 saturated heterocycles. The van der Waals surface area contributed by atoms with E-state index >= 15 is 0 Å². The highest BCUT2D eigenvalue weighted by atomic mass is 32.1. The zero-order valence-corrected chi connectivity index (χ0v) is 15.0. The summed E-state index contributed by atoms with van der Waals surface area (Å²) in [6.07, 6.45) is 4.66. The third-order valence-corrected chi connectivity index (χ3v) is 8.63. The predicted octanol–water partition coefficient (Wildman–Crippen LogP) is 3.61. The summed E-state index contributed by atoms with van der Waals surface area (Å²) in [5, 5.41) is 1.35. The first-order valence-electron chi connectivity index (χ1n) is 9.76. The third-order valence-electron chi connectivity index (χ3n) is 7.82. The Bertz CT molecular complexity index is 756. The van der Waals surface area contributed by atoms with E-state index in [1.165, 1.54) is 59.7 Å². The van der Waals surface area contributed by atoms with Gasteiger partial charge >= 0.3 is 0 Å². The van der Waals surface area contributed by atoms with Crippen LogP contribution in [-0.2, 0) is 0 Å². The van der Waals surface area contributed by atoms with Crippen molar-refractivity contribution in [3.05, 3.63) is 24.3 Å². The van der Waals surface area contributed by atoms with Crippen LogP contribution in [0.2, 0.25) is 0 Å². The molecule has 2 aliphatic heterocycles. The number of hydrogen-bond donors (Lipinski definition) is 0. The average Bonchev–Trinajstić information content (AvgIpc) is 3.36. The van der Waals surface area contributed by atoms with Crippen LogP contribution in [0.15, 0.2) is 24.3 Å². The highest BCUT2D eigenvalue weighted by molar-refractivity contribution is 7.13. The molecule has 1 aromatic heterocycles. The summed E-state index contributed by atoms with van der Waals surface area (Å²) in [6, 6.07) is 8.71. The number of aromatic nitrogens is 1. The predicted molar refractivity (Wildman–Crippen MR) is 99.4 cm³/mol. The molecule has 6 rings (SSSR count). The van der Waals surface area contributed by atoms with Crippen LogP contribution >= 0.6 is 11.5 Å². The number of rotatable bonds is 1. The molecule has 3 nitrogen and oxygen atoms in total. The minimum atomic E-state index is 1.08. The molecule has 126 valence electrons. The lowest BCUT2D eigenvalue weighted by atomic mass is 9.82. The van der Waals surface area contributed by atoms with Gasteiger partial charge in [-0.3, -0.25) is 0 Å². The van der Waals surface area contributed by atoms with Crippen molar-refractivity contribution in [3.8, 4) is 0 Å². The van der Waals surface area contributed by atoms with Crippen LogP contribution in [0.1, 0.15) is 19.3 Å². The van der Waals surface area contributed by atoms with Gasteiger partial charge in [-0.05, 0) is 54.8 Å². The molecule has 4 fully saturated rings. The summed E-state index contributed by atoms with van der Waals surface area (Å²) in [4.78, 5) is 2.56. The van der Waals surface area contributed by atoms with Gasteiger partial charge in [0, 0.05) is 17.2 Å². The molecular formula is C20H26N3S+. The van der Waals surface area contributed by atoms with E-state index in [9.17, 15) is 0 Å². The van der Waals surface area contributed by atoms with E-state index < -0.39 is 0 Å². The Morgan fingerprint density at radius 1 is 1.00 bits per heavy atom. The lowest BCUT2D eigenvalue weighted by molar-refractivity contribution is -0.920. The number of nitrogens with zero attached hydrogens (tertiary/aromatic N) is 3. The Kier molecular flexibility index (Phi) is 2.90. The number of quaternary nitrogens is 1. The minimum absolute atomic E-state index is 1.08. The molecule has 1 aromatic carbocycles. The molecular weight excluding hydrogens is 314 g/mol. The molecule has 1 spiro atoms. The summed E-state index contributed by atoms with van der Waals surface area (Å²) in [5.41, 5.74) is 0. The largest absolute Gasteiger partial charge is 0.344 e. The highest BCUT2D eigenvalue weighted by Gasteiger charge is 2.58. The summed E-state index contributed by atoms with van der Waals surface area (Å²) < 4.78 is 7.55. The molecule has 4 atom stereocenters. The molecule has 0 radical (unpaired) electrons. The van der Waals surface area contributed by atoms with Crippen LogP contribution in [0.5, 0.6) is 0 Å². The molecule has 0 N–H and O–H groups in total. The van der Waals surface area contributed by atoms with Gasteiger partial charge in [-0.15, -0.1) is 0 Å². The average molecular weight is 341 g/mol. The van der Waals surface area contributed by atoms with Crippen LogP contribution in [-0.4, -0.2) is 48.1 Å². The summed E-state index contributed by atoms with van der Waals surface area (Å²) in [7, 11) is 0. The van der Waals surface area contributed by atoms with Crippen molar-refractivity contribution in [1.82, 2.24) is 4.37 Å². The molecule has 2 aromatic rings. The van der Waals surface area contributed by atoms with Crippen molar-refractivity contribution in [1.29, 1.82) is 0 Å². The topological polar surface area (TPSA) is 16.1 Å². The van der Waals surface area contributed by atoms with Crippen molar-refractivity contribution in [2.24, 2.45) is 23.7 Å². The van der Waals surface area contributed by atoms with Crippen LogP contribution in [0.4, 0.5) is 5.82 Å². The molecule has 2 aliphatic carbocycles. The van der Waals surface area contributed by atoms with Gasteiger partial charge in [0.1, 0.15) is 0 Å². The van der Waals surface area contributed by atoms with Crippen LogP contribution in [0.3, 0.4) is 0 Å². The molecule has 2 saturated carbocycles. The second-order valence-electron chi connectivity index (χ2n) is 8.80. The van der Waals surface area contributed by atoms with E-state index in [0.717, 1.165) is 23.7 Å². The normalized spacial score (nSPS) is 36.8. The van der Waals surface area contributed by atoms with Gasteiger partial charge in [-0.25, -0.2) is 0 Å². The van der Waals surface area contributed by atoms with Crippen LogP contribution in [0.25, 0.3) is 10.1 Å². The van der Waals surface area contributed by atoms with Gasteiger partial charge in [-0.2, -0.15) is 4.37 Å². The molecule has 4 heteroatoms. The molecule has 3 heterocycles. The van der Waals surface area contributed by atoms with E-state index in [1.807, 2.05) is 0 Å². The van der Waals surface area contributed by atoms with E-state index in [2.05, 4.69) is 29.2 Å². The van der Waals surface area contributed by atoms with E-state index in [4.69, 9.17) is 4.37 Å². The zero-order valence-electron chi connectivity index (χ0n) is 14.2. The monoisotopic (exact) mass is 340 g/mol. The summed E-state index contributed by atoms with van der Waals surface area (Å²) in [5.74, 6) is 5.59. The fourth-order valence-corrected chi connectivity index (χ4v) is 7.43. The number of piperazine rings is 1. The van der Waals surface area contributed by atoms with Crippen molar-refractivity contribution < 1.29 is 4.48 Å². The van der Waals surface area contributed by atoms with Crippen molar-refractivity contribution in [2.45, 2.75) is 19.3 Å². The summed E-state index contributed by atoms with van der Waals surface area (Å²) in [6.45, 7) is 8.08. The first kappa shape index (κ1) is 14.1. The maximum atomic E-state index is 4.79. The maximum absolute atomic E-state index is 4.79. The van der Waals surface area contributed by atoms with Gasteiger partial charge < -0.3 is 9.38 Å². The molecule has 4 aliphatic rings. The SMILES string of the molecule is c1ccc2c(N3CC[N+]4(CC3)CC3C5CCC(C5)C3C4)nsc2c1. The first-order valence-corrected chi connectivity index (χ1v) is 10.5. The third kappa shape index (κ3) is 1.90. The van der Waals surface area contributed by atoms with Gasteiger partial charge in [0.25, 0.3) is 0 Å². The van der Waals surface area contributed by atoms with Gasteiger partial charge in [0.2, 0.25) is 0 Å². The molecule has 4 unspecified atom stereocenters. The molecule has 24 heavy (non-hydrogen) atoms. The van der Waals surface area contributed by atoms with Crippen LogP contribution in [0, 0.1) is 23.7 Å². The van der Waals surface area contributed by atoms with Crippen LogP contribution < -0.4 is 4.90 Å². The Hall–Kier alpha value is -1.13. The smallest absolute Gasteiger partial charge is 0.150 e. The standard InChI is InChI=1S/C20H26N3S/c1-2-4-19-16(3-1)20(21-24-19)22-7-9-23(10-8-22)12-17-14-5-6-15(11-14)18(17)13-23/h1-4,14-15,17-18H,5-13H2/q+1. The minimum Gasteiger partial charge on any atom is -0.344 e. The second-order valence-corrected chi connectivity index (χ2v) is 9.61. The van der Waals surface area contributed by atoms with Gasteiger partial charge in [-0.1, -0.05) is 12.1 Å². The fraction of sp³-hybridized carbons (Fsp3) is 0.650. The van der Waals surface area contributed by atoms with Crippen molar-refractivity contribution in [2.75, 3.05) is 44.2 Å². The Morgan fingerprint density at radius 2 is 1.71 bits per heavy atom. The van der Waals surface area contributed by atoms with Crippen molar-refractivity contribution in [3.63, 3.8) is 0 Å². The fourth-order valence-electron chi connectivity index (χ4n) is 6.63. The maximum Gasteiger partial charge on any atom is 0.150 e. The Balaban J connectivity index is 1.21. The highest BCUT2D eigenvalue weighted by Crippen LogP contribution is 2.56. The van der Waals surface area contributed by atoms with Gasteiger partial charge in [0.05, 0.1) is 44.0 Å². The number of benzene rings is 1. The van der Waals surface area contributed by atoms with E-state index in [0.29, 0.717) is 0 Å². The van der Waals surface area contributed by atoms with Gasteiger partial charge in [0.15, 0.2) is 5.82 Å². The zero-order chi connectivity index (χ0) is 15.7. The first-order chi connectivity index (χ1) is 11.8. The van der Waals surface area contributed by atoms with E-state index in [1.54, 1.807) is 30.8 Å². The van der Waals surface area contributed by atoms with E-state index in [-0.39, 0.29) is 0 Å². The number of fused-ring (bicyclic) bond motifs is 6. The Labute approximate surface area is 148 Å². The molecule has 0 amide bonds. The lowest BCUT2D eigenvalue weighted by Crippen LogP contribution is -2.59. The quantitative estimate of drug-likeness (QED) is 0.737. The summed E-state index contributed by atoms with van der Waals surface area (Å²) >= 11 is 1.66.